The van der Waals surface area contributed by atoms with Gasteiger partial charge in [0.15, 0.2) is 6.61 Å². The molecule has 2 amide bonds. The highest BCUT2D eigenvalue weighted by atomic mass is 32.2. The number of likely N-dealkylation sites (tertiary alicyclic amines) is 1. The number of halogens is 1. The maximum atomic E-state index is 14.6. The molecule has 3 aromatic rings. The Balaban J connectivity index is 1.37. The molecule has 1 aliphatic rings. The second kappa shape index (κ2) is 13.2. The maximum absolute atomic E-state index is 14.6. The lowest BCUT2D eigenvalue weighted by Gasteiger charge is -2.26. The van der Waals surface area contributed by atoms with Crippen molar-refractivity contribution in [1.29, 1.82) is 0 Å². The summed E-state index contributed by atoms with van der Waals surface area (Å²) < 4.78 is 47.6. The number of nitrogens with one attached hydrogen (secondary N) is 1. The Bertz CT molecular complexity index is 1450. The number of para-hydroxylation sites is 1. The second-order valence-electron chi connectivity index (χ2n) is 9.37. The molecule has 1 fully saturated rings. The number of hydrogen-bond acceptors (Lipinski definition) is 6. The van der Waals surface area contributed by atoms with Crippen molar-refractivity contribution in [2.24, 2.45) is 5.10 Å². The van der Waals surface area contributed by atoms with E-state index in [0.29, 0.717) is 11.3 Å². The van der Waals surface area contributed by atoms with E-state index in [1.54, 1.807) is 36.4 Å². The average Bonchev–Trinajstić information content (AvgIpc) is 2.96. The molecule has 11 heteroatoms. The molecule has 0 bridgehead atoms. The van der Waals surface area contributed by atoms with E-state index in [0.717, 1.165) is 48.3 Å². The van der Waals surface area contributed by atoms with Crippen LogP contribution in [0.15, 0.2) is 82.8 Å². The van der Waals surface area contributed by atoms with Gasteiger partial charge in [0.05, 0.1) is 16.8 Å². The van der Waals surface area contributed by atoms with E-state index in [-0.39, 0.29) is 23.1 Å². The van der Waals surface area contributed by atoms with Gasteiger partial charge in [-0.25, -0.2) is 18.2 Å². The fraction of sp³-hybridized carbons (Fsp3) is 0.276. The third kappa shape index (κ3) is 7.44. The van der Waals surface area contributed by atoms with Gasteiger partial charge in [-0.1, -0.05) is 29.8 Å². The van der Waals surface area contributed by atoms with Crippen LogP contribution in [0, 0.1) is 12.7 Å². The molecule has 210 valence electrons. The van der Waals surface area contributed by atoms with E-state index in [9.17, 15) is 22.4 Å². The first-order valence-electron chi connectivity index (χ1n) is 12.9. The van der Waals surface area contributed by atoms with Crippen LogP contribution in [0.2, 0.25) is 0 Å². The minimum Gasteiger partial charge on any atom is -0.484 e. The first kappa shape index (κ1) is 28.8. The molecule has 1 heterocycles. The number of carbonyl (C=O) groups excluding carboxylic acids is 2. The monoisotopic (exact) mass is 566 g/mol. The van der Waals surface area contributed by atoms with Crippen molar-refractivity contribution >= 4 is 33.7 Å². The van der Waals surface area contributed by atoms with Crippen molar-refractivity contribution in [2.75, 3.05) is 30.5 Å². The van der Waals surface area contributed by atoms with Gasteiger partial charge in [0.25, 0.3) is 21.8 Å². The molecule has 9 nitrogen and oxygen atoms in total. The zero-order valence-corrected chi connectivity index (χ0v) is 22.9. The standard InChI is InChI=1S/C29H31FN4O5S/c1-22-9-15-25(16-10-22)40(37,38)34(27-8-4-3-7-26(27)30)20-28(35)32-31-19-23-11-13-24(14-12-23)39-21-29(36)33-17-5-2-6-18-33/h3-4,7-16,19H,2,5-6,17-18,20-21H2,1H3,(H,32,35)/b31-19-. The van der Waals surface area contributed by atoms with Gasteiger partial charge in [-0.05, 0) is 80.3 Å². The number of amides is 2. The summed E-state index contributed by atoms with van der Waals surface area (Å²) in [4.78, 5) is 26.7. The number of hydrogen-bond donors (Lipinski definition) is 1. The highest BCUT2D eigenvalue weighted by molar-refractivity contribution is 7.92. The van der Waals surface area contributed by atoms with Gasteiger partial charge in [-0.2, -0.15) is 5.10 Å². The predicted molar refractivity (Wildman–Crippen MR) is 150 cm³/mol. The molecule has 3 aromatic carbocycles. The van der Waals surface area contributed by atoms with Crippen LogP contribution < -0.4 is 14.5 Å². The minimum absolute atomic E-state index is 0.0342. The van der Waals surface area contributed by atoms with E-state index < -0.39 is 28.3 Å². The van der Waals surface area contributed by atoms with Crippen LogP contribution in [0.4, 0.5) is 10.1 Å². The Morgan fingerprint density at radius 1 is 1.00 bits per heavy atom. The topological polar surface area (TPSA) is 108 Å². The predicted octanol–water partition coefficient (Wildman–Crippen LogP) is 3.87. The number of ether oxygens (including phenoxy) is 1. The Kier molecular flexibility index (Phi) is 9.49. The van der Waals surface area contributed by atoms with Gasteiger partial charge >= 0.3 is 0 Å². The van der Waals surface area contributed by atoms with Crippen molar-refractivity contribution < 1.29 is 27.1 Å². The number of anilines is 1. The summed E-state index contributed by atoms with van der Waals surface area (Å²) in [6, 6.07) is 18.2. The lowest BCUT2D eigenvalue weighted by atomic mass is 10.1. The van der Waals surface area contributed by atoms with Crippen LogP contribution in [-0.2, 0) is 19.6 Å². The average molecular weight is 567 g/mol. The lowest BCUT2D eigenvalue weighted by Crippen LogP contribution is -2.40. The van der Waals surface area contributed by atoms with Gasteiger partial charge in [-0.15, -0.1) is 0 Å². The number of nitrogens with zero attached hydrogens (tertiary/aromatic N) is 3. The van der Waals surface area contributed by atoms with Crippen molar-refractivity contribution in [2.45, 2.75) is 31.1 Å². The first-order valence-corrected chi connectivity index (χ1v) is 14.3. The summed E-state index contributed by atoms with van der Waals surface area (Å²) >= 11 is 0. The number of rotatable bonds is 10. The van der Waals surface area contributed by atoms with Gasteiger partial charge in [0, 0.05) is 13.1 Å². The van der Waals surface area contributed by atoms with Gasteiger partial charge in [0.1, 0.15) is 18.1 Å². The number of benzene rings is 3. The molecule has 4 rings (SSSR count). The highest BCUT2D eigenvalue weighted by Crippen LogP contribution is 2.26. The van der Waals surface area contributed by atoms with Crippen LogP contribution >= 0.6 is 0 Å². The highest BCUT2D eigenvalue weighted by Gasteiger charge is 2.29. The van der Waals surface area contributed by atoms with Crippen LogP contribution in [-0.4, -0.2) is 57.6 Å². The van der Waals surface area contributed by atoms with Crippen LogP contribution in [0.5, 0.6) is 5.75 Å². The summed E-state index contributed by atoms with van der Waals surface area (Å²) in [7, 11) is -4.25. The smallest absolute Gasteiger partial charge is 0.264 e. The molecule has 40 heavy (non-hydrogen) atoms. The zero-order chi connectivity index (χ0) is 28.5. The minimum atomic E-state index is -4.25. The summed E-state index contributed by atoms with van der Waals surface area (Å²) in [6.45, 7) is 2.62. The quantitative estimate of drug-likeness (QED) is 0.296. The van der Waals surface area contributed by atoms with Crippen molar-refractivity contribution in [3.8, 4) is 5.75 Å². The van der Waals surface area contributed by atoms with E-state index >= 15 is 0 Å². The van der Waals surface area contributed by atoms with Gasteiger partial charge in [0.2, 0.25) is 0 Å². The molecule has 0 spiro atoms. The summed E-state index contributed by atoms with van der Waals surface area (Å²) in [6.07, 6.45) is 4.55. The van der Waals surface area contributed by atoms with E-state index in [1.807, 2.05) is 11.8 Å². The largest absolute Gasteiger partial charge is 0.484 e. The van der Waals surface area contributed by atoms with E-state index in [4.69, 9.17) is 4.74 Å². The Hall–Kier alpha value is -4.25. The molecule has 1 saturated heterocycles. The van der Waals surface area contributed by atoms with Crippen LogP contribution in [0.3, 0.4) is 0 Å². The SMILES string of the molecule is Cc1ccc(S(=O)(=O)N(CC(=O)N/N=C\c2ccc(OCC(=O)N3CCCCC3)cc2)c2ccccc2F)cc1. The second-order valence-corrected chi connectivity index (χ2v) is 11.2. The molecule has 1 aliphatic heterocycles. The first-order chi connectivity index (χ1) is 19.2. The molecule has 0 aliphatic carbocycles. The number of carbonyl (C=O) groups is 2. The van der Waals surface area contributed by atoms with Gasteiger partial charge in [-0.3, -0.25) is 13.9 Å². The summed E-state index contributed by atoms with van der Waals surface area (Å²) in [5, 5.41) is 3.90. The third-order valence-electron chi connectivity index (χ3n) is 6.37. The summed E-state index contributed by atoms with van der Waals surface area (Å²) in [5.41, 5.74) is 3.53. The van der Waals surface area contributed by atoms with Crippen molar-refractivity contribution in [3.05, 3.63) is 89.7 Å². The Morgan fingerprint density at radius 2 is 1.68 bits per heavy atom. The fourth-order valence-corrected chi connectivity index (χ4v) is 5.59. The molecule has 0 saturated carbocycles. The molecular weight excluding hydrogens is 535 g/mol. The van der Waals surface area contributed by atoms with E-state index in [1.165, 1.54) is 36.5 Å². The van der Waals surface area contributed by atoms with Crippen molar-refractivity contribution in [3.63, 3.8) is 0 Å². The van der Waals surface area contributed by atoms with E-state index in [2.05, 4.69) is 10.5 Å². The van der Waals surface area contributed by atoms with Crippen molar-refractivity contribution in [1.82, 2.24) is 10.3 Å². The number of piperidine rings is 1. The molecular formula is C29H31FN4O5S. The van der Waals surface area contributed by atoms with Crippen LogP contribution in [0.1, 0.15) is 30.4 Å². The summed E-state index contributed by atoms with van der Waals surface area (Å²) in [5.74, 6) is -1.06. The zero-order valence-electron chi connectivity index (χ0n) is 22.1. The molecule has 1 N–H and O–H groups in total. The molecule has 0 unspecified atom stereocenters. The third-order valence-corrected chi connectivity index (χ3v) is 8.15. The number of hydrazone groups is 1. The number of aryl methyl sites for hydroxylation is 1. The van der Waals surface area contributed by atoms with Gasteiger partial charge < -0.3 is 9.64 Å². The number of sulfonamides is 1. The molecule has 0 radical (unpaired) electrons. The molecule has 0 atom stereocenters. The normalized spacial score (nSPS) is 13.7. The molecule has 0 aromatic heterocycles. The lowest BCUT2D eigenvalue weighted by molar-refractivity contribution is -0.134. The Labute approximate surface area is 233 Å². The fourth-order valence-electron chi connectivity index (χ4n) is 4.17. The maximum Gasteiger partial charge on any atom is 0.264 e. The Morgan fingerprint density at radius 3 is 2.35 bits per heavy atom. The van der Waals surface area contributed by atoms with Crippen LogP contribution in [0.25, 0.3) is 0 Å².